The third-order valence-corrected chi connectivity index (χ3v) is 9.58. The molecule has 2 amide bonds. The van der Waals surface area contributed by atoms with Crippen LogP contribution in [0.15, 0.2) is 41.2 Å². The second kappa shape index (κ2) is 11.8. The Morgan fingerprint density at radius 3 is 2.58 bits per heavy atom. The Labute approximate surface area is 254 Å². The molecular formula is C34H47N5O4. The molecule has 1 saturated heterocycles. The molecule has 2 aromatic heterocycles. The van der Waals surface area contributed by atoms with Gasteiger partial charge in [0.1, 0.15) is 5.75 Å². The number of nitrogens with zero attached hydrogens (tertiary/aromatic N) is 4. The van der Waals surface area contributed by atoms with Crippen molar-refractivity contribution in [1.29, 1.82) is 0 Å². The minimum absolute atomic E-state index is 0.00125. The lowest BCUT2D eigenvalue weighted by Crippen LogP contribution is -2.50. The summed E-state index contributed by atoms with van der Waals surface area (Å²) in [6, 6.07) is 10.7. The van der Waals surface area contributed by atoms with E-state index in [4.69, 9.17) is 4.98 Å². The number of imidazole rings is 1. The van der Waals surface area contributed by atoms with Gasteiger partial charge in [-0.1, -0.05) is 46.8 Å². The van der Waals surface area contributed by atoms with E-state index < -0.39 is 0 Å². The maximum absolute atomic E-state index is 13.1. The maximum Gasteiger partial charge on any atom is 0.330 e. The van der Waals surface area contributed by atoms with Crippen molar-refractivity contribution in [2.24, 2.45) is 23.8 Å². The molecule has 3 atom stereocenters. The zero-order valence-electron chi connectivity index (χ0n) is 26.5. The molecule has 9 heteroatoms. The number of carbonyl (C=O) groups excluding carboxylic acids is 2. The summed E-state index contributed by atoms with van der Waals surface area (Å²) >= 11 is 0. The molecule has 3 heterocycles. The summed E-state index contributed by atoms with van der Waals surface area (Å²) in [4.78, 5) is 46.1. The number of amides is 2. The number of carbonyl (C=O) groups is 2. The molecule has 2 N–H and O–H groups in total. The van der Waals surface area contributed by atoms with Crippen molar-refractivity contribution in [2.75, 3.05) is 13.1 Å². The van der Waals surface area contributed by atoms with E-state index in [1.165, 1.54) is 6.07 Å². The van der Waals surface area contributed by atoms with Crippen molar-refractivity contribution >= 4 is 23.0 Å². The minimum atomic E-state index is -0.313. The third kappa shape index (κ3) is 6.36. The van der Waals surface area contributed by atoms with E-state index in [-0.39, 0.29) is 57.5 Å². The number of nitrogens with one attached hydrogen (secondary N) is 1. The van der Waals surface area contributed by atoms with Gasteiger partial charge in [-0.05, 0) is 73.1 Å². The molecule has 1 saturated carbocycles. The number of phenolic OH excluding ortho intramolecular Hbond substituents is 1. The number of phenols is 1. The Kier molecular flexibility index (Phi) is 8.47. The lowest BCUT2D eigenvalue weighted by Gasteiger charge is -2.48. The molecule has 3 unspecified atom stereocenters. The quantitative estimate of drug-likeness (QED) is 0.375. The first-order chi connectivity index (χ1) is 20.3. The predicted octanol–water partition coefficient (Wildman–Crippen LogP) is 5.21. The molecule has 3 aromatic rings. The zero-order valence-corrected chi connectivity index (χ0v) is 26.5. The molecule has 43 heavy (non-hydrogen) atoms. The van der Waals surface area contributed by atoms with E-state index in [2.05, 4.69) is 52.1 Å². The van der Waals surface area contributed by atoms with Gasteiger partial charge in [0, 0.05) is 50.8 Å². The average molecular weight is 590 g/mol. The second-order valence-corrected chi connectivity index (χ2v) is 14.5. The van der Waals surface area contributed by atoms with E-state index >= 15 is 0 Å². The van der Waals surface area contributed by atoms with Gasteiger partial charge in [-0.2, -0.15) is 0 Å². The Morgan fingerprint density at radius 2 is 1.91 bits per heavy atom. The van der Waals surface area contributed by atoms with Crippen molar-refractivity contribution in [2.45, 2.75) is 91.6 Å². The van der Waals surface area contributed by atoms with Gasteiger partial charge < -0.3 is 15.3 Å². The number of aryl methyl sites for hydroxylation is 1. The van der Waals surface area contributed by atoms with Gasteiger partial charge in [0.2, 0.25) is 5.91 Å². The van der Waals surface area contributed by atoms with Gasteiger partial charge in [-0.15, -0.1) is 0 Å². The van der Waals surface area contributed by atoms with E-state index in [0.717, 1.165) is 43.4 Å². The molecule has 2 fully saturated rings. The summed E-state index contributed by atoms with van der Waals surface area (Å²) in [6.45, 7) is 12.8. The summed E-state index contributed by atoms with van der Waals surface area (Å²) in [5, 5.41) is 13.1. The van der Waals surface area contributed by atoms with Crippen LogP contribution in [0.5, 0.6) is 5.75 Å². The monoisotopic (exact) mass is 589 g/mol. The molecular weight excluding hydrogens is 542 g/mol. The van der Waals surface area contributed by atoms with Gasteiger partial charge in [-0.3, -0.25) is 18.7 Å². The van der Waals surface area contributed by atoms with Crippen LogP contribution in [0.3, 0.4) is 0 Å². The van der Waals surface area contributed by atoms with Gasteiger partial charge in [0.05, 0.1) is 11.1 Å². The smallest absolute Gasteiger partial charge is 0.330 e. The number of rotatable bonds is 8. The van der Waals surface area contributed by atoms with Crippen molar-refractivity contribution in [1.82, 2.24) is 24.3 Å². The van der Waals surface area contributed by atoms with Crippen molar-refractivity contribution < 1.29 is 14.7 Å². The third-order valence-electron chi connectivity index (χ3n) is 9.58. The van der Waals surface area contributed by atoms with Crippen LogP contribution in [-0.4, -0.2) is 55.1 Å². The fourth-order valence-electron chi connectivity index (χ4n) is 7.25. The maximum atomic E-state index is 13.1. The number of likely N-dealkylation sites (tertiary alicyclic amines) is 1. The van der Waals surface area contributed by atoms with E-state index in [1.807, 2.05) is 9.47 Å². The first-order valence-corrected chi connectivity index (χ1v) is 15.7. The molecule has 1 aliphatic heterocycles. The normalized spacial score (nSPS) is 21.3. The van der Waals surface area contributed by atoms with Crippen molar-refractivity contribution in [3.8, 4) is 5.75 Å². The SMILES string of the molecule is Cn1c(=O)n(CC(C)(C)C)c2ccc(C3CCC(C)(C)C(C(CCNC(=O)c4ccccc4O)N4CCCC4=O)C3)nc21. The lowest BCUT2D eigenvalue weighted by molar-refractivity contribution is -0.132. The highest BCUT2D eigenvalue weighted by Crippen LogP contribution is 2.49. The zero-order chi connectivity index (χ0) is 31.1. The highest BCUT2D eigenvalue weighted by Gasteiger charge is 2.45. The molecule has 232 valence electrons. The lowest BCUT2D eigenvalue weighted by atomic mass is 9.61. The number of hydrogen-bond acceptors (Lipinski definition) is 5. The van der Waals surface area contributed by atoms with Crippen LogP contribution < -0.4 is 11.0 Å². The summed E-state index contributed by atoms with van der Waals surface area (Å²) < 4.78 is 3.49. The highest BCUT2D eigenvalue weighted by atomic mass is 16.3. The van der Waals surface area contributed by atoms with Crippen LogP contribution >= 0.6 is 0 Å². The van der Waals surface area contributed by atoms with Gasteiger partial charge in [0.25, 0.3) is 5.91 Å². The van der Waals surface area contributed by atoms with Gasteiger partial charge >= 0.3 is 5.69 Å². The first kappa shape index (κ1) is 30.8. The highest BCUT2D eigenvalue weighted by molar-refractivity contribution is 5.96. The van der Waals surface area contributed by atoms with E-state index in [1.54, 1.807) is 29.8 Å². The number of fused-ring (bicyclic) bond motifs is 1. The molecule has 2 aliphatic rings. The Balaban J connectivity index is 1.40. The van der Waals surface area contributed by atoms with Crippen LogP contribution in [0.2, 0.25) is 0 Å². The fraction of sp³-hybridized carbons (Fsp3) is 0.588. The van der Waals surface area contributed by atoms with Crippen LogP contribution in [0, 0.1) is 16.7 Å². The first-order valence-electron chi connectivity index (χ1n) is 15.7. The number of para-hydroxylation sites is 1. The van der Waals surface area contributed by atoms with Gasteiger partial charge in [0.15, 0.2) is 5.65 Å². The second-order valence-electron chi connectivity index (χ2n) is 14.5. The Bertz CT molecular complexity index is 1560. The number of aromatic hydroxyl groups is 1. The van der Waals surface area contributed by atoms with Crippen molar-refractivity contribution in [3.63, 3.8) is 0 Å². The topological polar surface area (TPSA) is 109 Å². The van der Waals surface area contributed by atoms with Gasteiger partial charge in [-0.25, -0.2) is 9.78 Å². The van der Waals surface area contributed by atoms with E-state index in [0.29, 0.717) is 31.6 Å². The van der Waals surface area contributed by atoms with Crippen LogP contribution in [-0.2, 0) is 18.4 Å². The van der Waals surface area contributed by atoms with Crippen LogP contribution in [0.1, 0.15) is 95.1 Å². The predicted molar refractivity (Wildman–Crippen MR) is 168 cm³/mol. The van der Waals surface area contributed by atoms with Crippen LogP contribution in [0.25, 0.3) is 11.2 Å². The van der Waals surface area contributed by atoms with Crippen LogP contribution in [0.4, 0.5) is 0 Å². The summed E-state index contributed by atoms with van der Waals surface area (Å²) in [7, 11) is 1.80. The largest absolute Gasteiger partial charge is 0.507 e. The molecule has 5 rings (SSSR count). The summed E-state index contributed by atoms with van der Waals surface area (Å²) in [6.07, 6.45) is 4.92. The molecule has 0 radical (unpaired) electrons. The van der Waals surface area contributed by atoms with E-state index in [9.17, 15) is 19.5 Å². The Hall–Kier alpha value is -3.62. The summed E-state index contributed by atoms with van der Waals surface area (Å²) in [5.74, 6) is 0.247. The molecule has 1 aromatic carbocycles. The number of hydrogen-bond donors (Lipinski definition) is 2. The molecule has 0 bridgehead atoms. The minimum Gasteiger partial charge on any atom is -0.507 e. The number of aromatic nitrogens is 3. The number of benzene rings is 1. The molecule has 9 nitrogen and oxygen atoms in total. The molecule has 0 spiro atoms. The Morgan fingerprint density at radius 1 is 1.16 bits per heavy atom. The molecule has 1 aliphatic carbocycles. The standard InChI is InChI=1S/C34H47N5O4/c1-33(2,3)21-39-27-14-13-25(36-30(27)37(6)32(39)43)22-15-17-34(4,5)24(20-22)26(38-19-9-12-29(38)41)16-18-35-31(42)23-10-7-8-11-28(23)40/h7-8,10-11,13-14,22,24,26,40H,9,12,15-21H2,1-6H3,(H,35,42). The fourth-order valence-corrected chi connectivity index (χ4v) is 7.25. The number of pyridine rings is 1. The van der Waals surface area contributed by atoms with Crippen molar-refractivity contribution in [3.05, 3.63) is 58.1 Å². The average Bonchev–Trinajstić information content (AvgIpc) is 3.47. The summed E-state index contributed by atoms with van der Waals surface area (Å²) in [5.41, 5.74) is 2.74.